The lowest BCUT2D eigenvalue weighted by atomic mass is 10.1. The maximum atomic E-state index is 12.0. The van der Waals surface area contributed by atoms with E-state index in [9.17, 15) is 9.59 Å². The minimum Gasteiger partial charge on any atom is -0.384 e. The van der Waals surface area contributed by atoms with Gasteiger partial charge in [0.05, 0.1) is 0 Å². The van der Waals surface area contributed by atoms with Crippen molar-refractivity contribution >= 4 is 17.6 Å². The molecule has 2 amide bonds. The largest absolute Gasteiger partial charge is 0.384 e. The number of nitrogens with one attached hydrogen (secondary N) is 2. The Balaban J connectivity index is 2.56. The number of rotatable bonds is 7. The van der Waals surface area contributed by atoms with Gasteiger partial charge in [-0.05, 0) is 25.5 Å². The van der Waals surface area contributed by atoms with E-state index in [0.717, 1.165) is 18.5 Å². The molecule has 0 aliphatic heterocycles. The molecule has 0 saturated carbocycles. The van der Waals surface area contributed by atoms with Crippen LogP contribution in [0.5, 0.6) is 0 Å². The van der Waals surface area contributed by atoms with Crippen molar-refractivity contribution < 1.29 is 9.59 Å². The van der Waals surface area contributed by atoms with E-state index in [1.165, 1.54) is 0 Å². The SMILES string of the molecule is CCCc1cc(C(=O)NCCC(=O)NCC)cc(N)n1. The number of amides is 2. The molecule has 0 atom stereocenters. The van der Waals surface area contributed by atoms with Crippen LogP contribution >= 0.6 is 0 Å². The molecule has 0 aromatic carbocycles. The number of aromatic nitrogens is 1. The van der Waals surface area contributed by atoms with Gasteiger partial charge in [0.1, 0.15) is 5.82 Å². The molecule has 1 aromatic heterocycles. The quantitative estimate of drug-likeness (QED) is 0.689. The molecule has 0 fully saturated rings. The summed E-state index contributed by atoms with van der Waals surface area (Å²) >= 11 is 0. The van der Waals surface area contributed by atoms with Crippen molar-refractivity contribution in [1.29, 1.82) is 0 Å². The highest BCUT2D eigenvalue weighted by atomic mass is 16.2. The third-order valence-corrected chi connectivity index (χ3v) is 2.68. The molecular weight excluding hydrogens is 256 g/mol. The molecule has 110 valence electrons. The van der Waals surface area contributed by atoms with Gasteiger partial charge in [-0.25, -0.2) is 4.98 Å². The zero-order chi connectivity index (χ0) is 15.0. The number of carbonyl (C=O) groups excluding carboxylic acids is 2. The normalized spacial score (nSPS) is 10.1. The number of pyridine rings is 1. The van der Waals surface area contributed by atoms with Gasteiger partial charge in [0, 0.05) is 30.8 Å². The zero-order valence-corrected chi connectivity index (χ0v) is 12.0. The van der Waals surface area contributed by atoms with Crippen LogP contribution in [0.25, 0.3) is 0 Å². The number of carbonyl (C=O) groups is 2. The highest BCUT2D eigenvalue weighted by Crippen LogP contribution is 2.09. The maximum absolute atomic E-state index is 12.0. The highest BCUT2D eigenvalue weighted by Gasteiger charge is 2.09. The number of nitrogens with zero attached hydrogens (tertiary/aromatic N) is 1. The Labute approximate surface area is 119 Å². The van der Waals surface area contributed by atoms with Gasteiger partial charge in [0.15, 0.2) is 0 Å². The second-order valence-electron chi connectivity index (χ2n) is 4.48. The maximum Gasteiger partial charge on any atom is 0.251 e. The third-order valence-electron chi connectivity index (χ3n) is 2.68. The molecule has 20 heavy (non-hydrogen) atoms. The van der Waals surface area contributed by atoms with Crippen LogP contribution in [0.3, 0.4) is 0 Å². The molecule has 0 aliphatic rings. The number of aryl methyl sites for hydroxylation is 1. The van der Waals surface area contributed by atoms with Crippen molar-refractivity contribution in [3.05, 3.63) is 23.4 Å². The molecule has 6 nitrogen and oxygen atoms in total. The van der Waals surface area contributed by atoms with E-state index in [1.807, 2.05) is 13.8 Å². The standard InChI is InChI=1S/C14H22N4O2/c1-3-5-11-8-10(9-12(15)18-11)14(20)17-7-6-13(19)16-4-2/h8-9H,3-7H2,1-2H3,(H2,15,18)(H,16,19)(H,17,20). The Hall–Kier alpha value is -2.11. The summed E-state index contributed by atoms with van der Waals surface area (Å²) in [5.74, 6) is 0.0271. The first-order valence-corrected chi connectivity index (χ1v) is 6.88. The van der Waals surface area contributed by atoms with Gasteiger partial charge in [-0.2, -0.15) is 0 Å². The van der Waals surface area contributed by atoms with Crippen molar-refractivity contribution in [2.45, 2.75) is 33.1 Å². The Morgan fingerprint density at radius 3 is 2.65 bits per heavy atom. The predicted octanol–water partition coefficient (Wildman–Crippen LogP) is 0.872. The molecule has 4 N–H and O–H groups in total. The van der Waals surface area contributed by atoms with Gasteiger partial charge in [0.25, 0.3) is 5.91 Å². The van der Waals surface area contributed by atoms with Crippen LogP contribution in [0.15, 0.2) is 12.1 Å². The van der Waals surface area contributed by atoms with Crippen LogP contribution in [-0.4, -0.2) is 29.9 Å². The minimum atomic E-state index is -0.235. The summed E-state index contributed by atoms with van der Waals surface area (Å²) in [4.78, 5) is 27.4. The number of hydrogen-bond donors (Lipinski definition) is 3. The molecule has 0 bridgehead atoms. The molecule has 6 heteroatoms. The van der Waals surface area contributed by atoms with Gasteiger partial charge in [0.2, 0.25) is 5.91 Å². The molecule has 0 saturated heterocycles. The third kappa shape index (κ3) is 5.26. The van der Waals surface area contributed by atoms with Gasteiger partial charge >= 0.3 is 0 Å². The molecule has 1 rings (SSSR count). The monoisotopic (exact) mass is 278 g/mol. The Morgan fingerprint density at radius 1 is 1.25 bits per heavy atom. The Morgan fingerprint density at radius 2 is 2.00 bits per heavy atom. The average molecular weight is 278 g/mol. The minimum absolute atomic E-state index is 0.0753. The number of nitrogen functional groups attached to an aromatic ring is 1. The second kappa shape index (κ2) is 8.14. The van der Waals surface area contributed by atoms with E-state index in [1.54, 1.807) is 12.1 Å². The number of hydrogen-bond acceptors (Lipinski definition) is 4. The first kappa shape index (κ1) is 15.9. The topological polar surface area (TPSA) is 97.1 Å². The van der Waals surface area contributed by atoms with Gasteiger partial charge in [-0.1, -0.05) is 13.3 Å². The molecule has 0 spiro atoms. The molecule has 0 unspecified atom stereocenters. The fourth-order valence-corrected chi connectivity index (χ4v) is 1.80. The summed E-state index contributed by atoms with van der Waals surface area (Å²) < 4.78 is 0. The molecular formula is C14H22N4O2. The lowest BCUT2D eigenvalue weighted by molar-refractivity contribution is -0.120. The summed E-state index contributed by atoms with van der Waals surface area (Å²) in [6.07, 6.45) is 1.99. The summed E-state index contributed by atoms with van der Waals surface area (Å²) in [5, 5.41) is 5.38. The lowest BCUT2D eigenvalue weighted by Gasteiger charge is -2.07. The smallest absolute Gasteiger partial charge is 0.251 e. The van der Waals surface area contributed by atoms with E-state index in [0.29, 0.717) is 24.5 Å². The first-order valence-electron chi connectivity index (χ1n) is 6.88. The van der Waals surface area contributed by atoms with Crippen LogP contribution in [-0.2, 0) is 11.2 Å². The predicted molar refractivity (Wildman–Crippen MR) is 78.3 cm³/mol. The van der Waals surface area contributed by atoms with Crippen LogP contribution in [0, 0.1) is 0 Å². The van der Waals surface area contributed by atoms with Crippen molar-refractivity contribution in [3.8, 4) is 0 Å². The van der Waals surface area contributed by atoms with Crippen molar-refractivity contribution in [3.63, 3.8) is 0 Å². The van der Waals surface area contributed by atoms with Crippen LogP contribution in [0.4, 0.5) is 5.82 Å². The van der Waals surface area contributed by atoms with Crippen molar-refractivity contribution in [2.24, 2.45) is 0 Å². The molecule has 1 heterocycles. The summed E-state index contributed by atoms with van der Waals surface area (Å²) in [7, 11) is 0. The van der Waals surface area contributed by atoms with Gasteiger partial charge in [-0.3, -0.25) is 9.59 Å². The number of anilines is 1. The molecule has 0 aliphatic carbocycles. The van der Waals surface area contributed by atoms with Crippen molar-refractivity contribution in [1.82, 2.24) is 15.6 Å². The average Bonchev–Trinajstić information content (AvgIpc) is 2.38. The van der Waals surface area contributed by atoms with Gasteiger partial charge < -0.3 is 16.4 Å². The molecule has 0 radical (unpaired) electrons. The van der Waals surface area contributed by atoms with Crippen LogP contribution in [0.2, 0.25) is 0 Å². The van der Waals surface area contributed by atoms with E-state index in [-0.39, 0.29) is 18.2 Å². The van der Waals surface area contributed by atoms with Crippen LogP contribution < -0.4 is 16.4 Å². The van der Waals surface area contributed by atoms with Gasteiger partial charge in [-0.15, -0.1) is 0 Å². The summed E-state index contributed by atoms with van der Waals surface area (Å²) in [5.41, 5.74) is 6.98. The fourth-order valence-electron chi connectivity index (χ4n) is 1.80. The summed E-state index contributed by atoms with van der Waals surface area (Å²) in [6.45, 7) is 4.78. The van der Waals surface area contributed by atoms with Crippen molar-refractivity contribution in [2.75, 3.05) is 18.8 Å². The Bertz CT molecular complexity index is 474. The Kier molecular flexibility index (Phi) is 6.49. The van der Waals surface area contributed by atoms with E-state index in [4.69, 9.17) is 5.73 Å². The first-order chi connectivity index (χ1) is 9.56. The fraction of sp³-hybridized carbons (Fsp3) is 0.500. The highest BCUT2D eigenvalue weighted by molar-refractivity contribution is 5.95. The lowest BCUT2D eigenvalue weighted by Crippen LogP contribution is -2.30. The molecule has 1 aromatic rings. The van der Waals surface area contributed by atoms with E-state index < -0.39 is 0 Å². The summed E-state index contributed by atoms with van der Waals surface area (Å²) in [6, 6.07) is 3.28. The van der Waals surface area contributed by atoms with Crippen LogP contribution in [0.1, 0.15) is 42.7 Å². The second-order valence-corrected chi connectivity index (χ2v) is 4.48. The van der Waals surface area contributed by atoms with E-state index in [2.05, 4.69) is 15.6 Å². The van der Waals surface area contributed by atoms with E-state index >= 15 is 0 Å². The number of nitrogens with two attached hydrogens (primary N) is 1. The zero-order valence-electron chi connectivity index (χ0n) is 12.0.